The van der Waals surface area contributed by atoms with Crippen molar-refractivity contribution in [3.05, 3.63) is 24.4 Å². The van der Waals surface area contributed by atoms with E-state index in [-0.39, 0.29) is 29.7 Å². The molecule has 0 radical (unpaired) electrons. The molecule has 4 fully saturated rings. The number of rotatable bonds is 3. The lowest BCUT2D eigenvalue weighted by molar-refractivity contribution is -0.138. The summed E-state index contributed by atoms with van der Waals surface area (Å²) in [5, 5.41) is 3.35. The van der Waals surface area contributed by atoms with E-state index in [1.807, 2.05) is 30.2 Å². The maximum absolute atomic E-state index is 13.4. The van der Waals surface area contributed by atoms with Gasteiger partial charge in [-0.2, -0.15) is 4.99 Å². The molecule has 6 rings (SSSR count). The lowest BCUT2D eigenvalue weighted by atomic mass is 9.48. The minimum absolute atomic E-state index is 0.0496. The Morgan fingerprint density at radius 3 is 2.44 bits per heavy atom. The zero-order valence-electron chi connectivity index (χ0n) is 16.3. The molecule has 0 aromatic heterocycles. The summed E-state index contributed by atoms with van der Waals surface area (Å²) in [6.07, 6.45) is 15.5. The van der Waals surface area contributed by atoms with E-state index in [1.54, 1.807) is 6.08 Å². The number of carbonyl (C=O) groups is 2. The number of nitrogens with one attached hydrogen (secondary N) is 1. The quantitative estimate of drug-likeness (QED) is 0.833. The summed E-state index contributed by atoms with van der Waals surface area (Å²) in [5.41, 5.74) is -0.653. The Kier molecular flexibility index (Phi) is 3.69. The zero-order chi connectivity index (χ0) is 18.8. The number of fused-ring (bicyclic) bond motifs is 1. The number of aliphatic imine (C=N–C) groups is 1. The fraction of sp³-hybridized carbons (Fsp3) is 0.682. The van der Waals surface area contributed by atoms with E-state index < -0.39 is 5.54 Å². The van der Waals surface area contributed by atoms with Gasteiger partial charge in [0, 0.05) is 12.2 Å². The highest BCUT2D eigenvalue weighted by Gasteiger charge is 2.54. The second-order valence-corrected chi connectivity index (χ2v) is 9.86. The summed E-state index contributed by atoms with van der Waals surface area (Å²) in [4.78, 5) is 31.6. The van der Waals surface area contributed by atoms with E-state index in [2.05, 4.69) is 17.2 Å². The average Bonchev–Trinajstić information content (AvgIpc) is 2.60. The van der Waals surface area contributed by atoms with Gasteiger partial charge < -0.3 is 10.2 Å². The standard InChI is InChI=1S/C22H29N3O2/c1-14(22-10-15-7-16(11-22)9-17(8-15)12-22)23-20(27)21(2)13-19(26)24-18-5-3-4-6-25(18)21/h3-6,14-17H,7-13H2,1-2H3,(H,23,27). The number of hydrogen-bond acceptors (Lipinski definition) is 3. The molecule has 4 aliphatic carbocycles. The highest BCUT2D eigenvalue weighted by Crippen LogP contribution is 2.61. The molecule has 0 aromatic carbocycles. The van der Waals surface area contributed by atoms with Gasteiger partial charge in [0.2, 0.25) is 5.91 Å². The minimum atomic E-state index is -0.911. The first-order valence-corrected chi connectivity index (χ1v) is 10.4. The number of amides is 2. The predicted molar refractivity (Wildman–Crippen MR) is 104 cm³/mol. The maximum atomic E-state index is 13.4. The van der Waals surface area contributed by atoms with E-state index >= 15 is 0 Å². The van der Waals surface area contributed by atoms with Gasteiger partial charge in [-0.25, -0.2) is 0 Å². The van der Waals surface area contributed by atoms with Gasteiger partial charge in [0.05, 0.1) is 6.42 Å². The molecule has 2 aliphatic heterocycles. The van der Waals surface area contributed by atoms with Crippen LogP contribution in [0.4, 0.5) is 0 Å². The van der Waals surface area contributed by atoms with Crippen molar-refractivity contribution in [2.24, 2.45) is 28.2 Å². The van der Waals surface area contributed by atoms with Gasteiger partial charge in [0.1, 0.15) is 11.4 Å². The highest BCUT2D eigenvalue weighted by molar-refractivity contribution is 6.09. The molecule has 2 unspecified atom stereocenters. The molecular weight excluding hydrogens is 338 g/mol. The summed E-state index contributed by atoms with van der Waals surface area (Å²) in [7, 11) is 0. The van der Waals surface area contributed by atoms with Crippen molar-refractivity contribution in [2.75, 3.05) is 0 Å². The molecule has 5 heteroatoms. The first kappa shape index (κ1) is 17.2. The second-order valence-electron chi connectivity index (χ2n) is 9.86. The number of carbonyl (C=O) groups excluding carboxylic acids is 2. The molecule has 0 spiro atoms. The third kappa shape index (κ3) is 2.61. The Morgan fingerprint density at radius 1 is 1.19 bits per heavy atom. The number of hydrogen-bond donors (Lipinski definition) is 1. The Labute approximate surface area is 161 Å². The van der Waals surface area contributed by atoms with E-state index in [9.17, 15) is 9.59 Å². The van der Waals surface area contributed by atoms with Gasteiger partial charge in [0.15, 0.2) is 0 Å². The van der Waals surface area contributed by atoms with Crippen LogP contribution >= 0.6 is 0 Å². The van der Waals surface area contributed by atoms with Gasteiger partial charge in [-0.3, -0.25) is 9.59 Å². The maximum Gasteiger partial charge on any atom is 0.250 e. The van der Waals surface area contributed by atoms with Crippen molar-refractivity contribution in [1.82, 2.24) is 10.2 Å². The van der Waals surface area contributed by atoms with E-state index in [0.717, 1.165) is 17.8 Å². The van der Waals surface area contributed by atoms with Gasteiger partial charge in [0.25, 0.3) is 5.91 Å². The monoisotopic (exact) mass is 367 g/mol. The van der Waals surface area contributed by atoms with Gasteiger partial charge in [-0.15, -0.1) is 0 Å². The van der Waals surface area contributed by atoms with Gasteiger partial charge in [-0.1, -0.05) is 6.08 Å². The fourth-order valence-electron chi connectivity index (χ4n) is 6.89. The number of nitrogens with zero attached hydrogens (tertiary/aromatic N) is 2. The average molecular weight is 367 g/mol. The minimum Gasteiger partial charge on any atom is -0.351 e. The summed E-state index contributed by atoms with van der Waals surface area (Å²) in [5.74, 6) is 2.87. The van der Waals surface area contributed by atoms with Crippen molar-refractivity contribution in [3.63, 3.8) is 0 Å². The van der Waals surface area contributed by atoms with Crippen LogP contribution in [0.15, 0.2) is 29.4 Å². The third-order valence-electron chi connectivity index (χ3n) is 7.95. The van der Waals surface area contributed by atoms with Crippen LogP contribution in [-0.4, -0.2) is 34.1 Å². The first-order valence-electron chi connectivity index (χ1n) is 10.4. The van der Waals surface area contributed by atoms with Crippen molar-refractivity contribution in [1.29, 1.82) is 0 Å². The summed E-state index contributed by atoms with van der Waals surface area (Å²) >= 11 is 0. The topological polar surface area (TPSA) is 61.8 Å². The molecule has 5 nitrogen and oxygen atoms in total. The largest absolute Gasteiger partial charge is 0.351 e. The molecular formula is C22H29N3O2. The summed E-state index contributed by atoms with van der Waals surface area (Å²) in [6, 6.07) is 0.150. The number of amidine groups is 1. The van der Waals surface area contributed by atoms with E-state index in [1.165, 1.54) is 38.5 Å². The van der Waals surface area contributed by atoms with Crippen molar-refractivity contribution < 1.29 is 9.59 Å². The molecule has 27 heavy (non-hydrogen) atoms. The molecule has 0 aromatic rings. The second kappa shape index (κ2) is 5.79. The van der Waals surface area contributed by atoms with Crippen LogP contribution in [0.1, 0.15) is 58.8 Å². The van der Waals surface area contributed by atoms with Crippen LogP contribution in [-0.2, 0) is 9.59 Å². The fourth-order valence-corrected chi connectivity index (χ4v) is 6.89. The number of allylic oxidation sites excluding steroid dienone is 2. The van der Waals surface area contributed by atoms with Crippen molar-refractivity contribution >= 4 is 17.6 Å². The van der Waals surface area contributed by atoms with Crippen molar-refractivity contribution in [2.45, 2.75) is 70.4 Å². The lowest BCUT2D eigenvalue weighted by Gasteiger charge is -2.59. The zero-order valence-corrected chi connectivity index (χ0v) is 16.3. The van der Waals surface area contributed by atoms with Crippen LogP contribution in [0.2, 0.25) is 0 Å². The Morgan fingerprint density at radius 2 is 1.81 bits per heavy atom. The molecule has 2 atom stereocenters. The van der Waals surface area contributed by atoms with Gasteiger partial charge in [-0.05, 0) is 87.7 Å². The third-order valence-corrected chi connectivity index (χ3v) is 7.95. The van der Waals surface area contributed by atoms with Crippen LogP contribution in [0.25, 0.3) is 0 Å². The Bertz CT molecular complexity index is 745. The summed E-state index contributed by atoms with van der Waals surface area (Å²) < 4.78 is 0. The SMILES string of the molecule is CC(NC(=O)C1(C)CC(=O)N=C2C=CC=CN21)C12CC3CC(CC(C3)C1)C2. The molecule has 6 aliphatic rings. The molecule has 4 saturated carbocycles. The van der Waals surface area contributed by atoms with Gasteiger partial charge >= 0.3 is 0 Å². The normalized spacial score (nSPS) is 42.7. The summed E-state index contributed by atoms with van der Waals surface area (Å²) in [6.45, 7) is 4.06. The molecule has 1 N–H and O–H groups in total. The molecule has 2 heterocycles. The van der Waals surface area contributed by atoms with Crippen LogP contribution < -0.4 is 5.32 Å². The van der Waals surface area contributed by atoms with Crippen LogP contribution in [0.3, 0.4) is 0 Å². The lowest BCUT2D eigenvalue weighted by Crippen LogP contribution is -2.63. The predicted octanol–water partition coefficient (Wildman–Crippen LogP) is 3.18. The highest BCUT2D eigenvalue weighted by atomic mass is 16.2. The molecule has 144 valence electrons. The van der Waals surface area contributed by atoms with E-state index in [0.29, 0.717) is 5.84 Å². The van der Waals surface area contributed by atoms with Crippen LogP contribution in [0, 0.1) is 23.2 Å². The van der Waals surface area contributed by atoms with E-state index in [4.69, 9.17) is 0 Å². The molecule has 4 bridgehead atoms. The molecule has 0 saturated heterocycles. The molecule has 2 amide bonds. The Balaban J connectivity index is 1.37. The van der Waals surface area contributed by atoms with Crippen LogP contribution in [0.5, 0.6) is 0 Å². The smallest absolute Gasteiger partial charge is 0.250 e. The first-order chi connectivity index (χ1) is 12.9. The Hall–Kier alpha value is -1.91. The van der Waals surface area contributed by atoms with Crippen molar-refractivity contribution in [3.8, 4) is 0 Å².